The molecule has 0 aliphatic heterocycles. The monoisotopic (exact) mass is 444 g/mol. The third-order valence-electron chi connectivity index (χ3n) is 3.83. The minimum absolute atomic E-state index is 0.105. The zero-order valence-electron chi connectivity index (χ0n) is 14.2. The van der Waals surface area contributed by atoms with Crippen LogP contribution in [0.15, 0.2) is 18.2 Å². The van der Waals surface area contributed by atoms with E-state index >= 15 is 0 Å². The Morgan fingerprint density at radius 2 is 1.54 bits per heavy atom. The fraction of sp³-hybridized carbons (Fsp3) is 0.533. The number of carbonyl (C=O) groups excluding carboxylic acids is 1. The summed E-state index contributed by atoms with van der Waals surface area (Å²) in [4.78, 5) is 11.8. The van der Waals surface area contributed by atoms with Crippen molar-refractivity contribution in [2.45, 2.75) is 44.5 Å². The van der Waals surface area contributed by atoms with Crippen molar-refractivity contribution in [1.29, 1.82) is 0 Å². The first-order valence-electron chi connectivity index (χ1n) is 7.56. The molecule has 1 rings (SSSR count). The Bertz CT molecular complexity index is 699. The molecular formula is C15H14ClF9N2O. The fourth-order valence-corrected chi connectivity index (χ4v) is 2.20. The number of nitrogens with one attached hydrogen (secondary N) is 2. The summed E-state index contributed by atoms with van der Waals surface area (Å²) in [6, 6.07) is 1.15. The minimum atomic E-state index is -6.24. The van der Waals surface area contributed by atoms with Gasteiger partial charge in [-0.25, -0.2) is 0 Å². The van der Waals surface area contributed by atoms with Crippen LogP contribution in [-0.2, 0) is 11.0 Å². The van der Waals surface area contributed by atoms with Crippen LogP contribution in [0.4, 0.5) is 45.2 Å². The Morgan fingerprint density at radius 3 is 1.93 bits per heavy atom. The van der Waals surface area contributed by atoms with Crippen LogP contribution >= 0.6 is 11.6 Å². The molecule has 13 heteroatoms. The molecule has 0 aliphatic carbocycles. The number of carbonyl (C=O) groups is 1. The molecule has 1 aromatic carbocycles. The Labute approximate surface area is 158 Å². The predicted octanol–water partition coefficient (Wildman–Crippen LogP) is 5.75. The van der Waals surface area contributed by atoms with Gasteiger partial charge in [-0.15, -0.1) is 0 Å². The van der Waals surface area contributed by atoms with E-state index < -0.39 is 52.3 Å². The molecule has 3 nitrogen and oxygen atoms in total. The number of hydrogen-bond acceptors (Lipinski definition) is 2. The second-order valence-electron chi connectivity index (χ2n) is 5.86. The van der Waals surface area contributed by atoms with Gasteiger partial charge in [0.2, 0.25) is 5.91 Å². The van der Waals surface area contributed by atoms with E-state index in [-0.39, 0.29) is 12.5 Å². The summed E-state index contributed by atoms with van der Waals surface area (Å²) in [6.07, 6.45) is -17.9. The molecule has 0 radical (unpaired) electrons. The number of amides is 1. The average Bonchev–Trinajstić information content (AvgIpc) is 2.51. The van der Waals surface area contributed by atoms with Crippen molar-refractivity contribution >= 4 is 23.2 Å². The SMILES string of the molecule is CC[C@@H](C)C(=O)NC(Nc1ccc(Cl)cc1C(F)(F)F)(C(F)(F)F)C(F)(F)F. The lowest BCUT2D eigenvalue weighted by molar-refractivity contribution is -0.296. The molecule has 0 aliphatic rings. The number of halogens is 10. The van der Waals surface area contributed by atoms with Crippen LogP contribution in [0, 0.1) is 5.92 Å². The second-order valence-corrected chi connectivity index (χ2v) is 6.29. The van der Waals surface area contributed by atoms with Crippen LogP contribution in [0.25, 0.3) is 0 Å². The van der Waals surface area contributed by atoms with Gasteiger partial charge in [0.15, 0.2) is 0 Å². The summed E-state index contributed by atoms with van der Waals surface area (Å²) in [5.41, 5.74) is -8.58. The van der Waals surface area contributed by atoms with Gasteiger partial charge in [0.1, 0.15) is 0 Å². The lowest BCUT2D eigenvalue weighted by atomic mass is 10.0. The van der Waals surface area contributed by atoms with Gasteiger partial charge in [0, 0.05) is 16.6 Å². The molecule has 2 N–H and O–H groups in total. The number of anilines is 1. The molecule has 0 bridgehead atoms. The molecule has 0 heterocycles. The Morgan fingerprint density at radius 1 is 1.04 bits per heavy atom. The van der Waals surface area contributed by atoms with Gasteiger partial charge in [0.05, 0.1) is 5.56 Å². The van der Waals surface area contributed by atoms with Crippen molar-refractivity contribution in [2.75, 3.05) is 5.32 Å². The molecule has 28 heavy (non-hydrogen) atoms. The number of hydrogen-bond donors (Lipinski definition) is 2. The van der Waals surface area contributed by atoms with Crippen LogP contribution < -0.4 is 10.6 Å². The first-order chi connectivity index (χ1) is 12.5. The standard InChI is InChI=1S/C15H14ClF9N2O/c1-3-7(2)11(28)27-13(14(20,21)22,15(23,24)25)26-10-5-4-8(16)6-9(10)12(17,18)19/h4-7,26H,3H2,1-2H3,(H,27,28)/t7-/m1/s1. The van der Waals surface area contributed by atoms with Crippen LogP contribution in [0.3, 0.4) is 0 Å². The quantitative estimate of drug-likeness (QED) is 0.448. The van der Waals surface area contributed by atoms with Gasteiger partial charge < -0.3 is 10.6 Å². The topological polar surface area (TPSA) is 41.1 Å². The molecule has 0 fully saturated rings. The van der Waals surface area contributed by atoms with E-state index in [2.05, 4.69) is 0 Å². The smallest absolute Gasteiger partial charge is 0.347 e. The van der Waals surface area contributed by atoms with Crippen LogP contribution in [-0.4, -0.2) is 23.9 Å². The largest absolute Gasteiger partial charge is 0.439 e. The molecule has 0 aromatic heterocycles. The summed E-state index contributed by atoms with van der Waals surface area (Å²) in [5, 5.41) is 1.06. The highest BCUT2D eigenvalue weighted by atomic mass is 35.5. The number of benzene rings is 1. The van der Waals surface area contributed by atoms with E-state index in [0.717, 1.165) is 17.6 Å². The number of rotatable bonds is 5. The van der Waals surface area contributed by atoms with Crippen LogP contribution in [0.2, 0.25) is 5.02 Å². The molecular weight excluding hydrogens is 431 g/mol. The summed E-state index contributed by atoms with van der Waals surface area (Å²) < 4.78 is 120. The Balaban J connectivity index is 3.65. The molecule has 0 spiro atoms. The minimum Gasteiger partial charge on any atom is -0.347 e. The Kier molecular flexibility index (Phi) is 6.81. The summed E-state index contributed by atoms with van der Waals surface area (Å²) in [5.74, 6) is -2.91. The average molecular weight is 445 g/mol. The maximum atomic E-state index is 13.5. The number of alkyl halides is 9. The fourth-order valence-electron chi connectivity index (χ4n) is 2.03. The second kappa shape index (κ2) is 7.88. The third-order valence-corrected chi connectivity index (χ3v) is 4.07. The van der Waals surface area contributed by atoms with Crippen molar-refractivity contribution in [2.24, 2.45) is 5.92 Å². The molecule has 0 saturated heterocycles. The highest BCUT2D eigenvalue weighted by Gasteiger charge is 2.73. The van der Waals surface area contributed by atoms with Gasteiger partial charge in [-0.3, -0.25) is 4.79 Å². The zero-order valence-corrected chi connectivity index (χ0v) is 15.0. The first-order valence-corrected chi connectivity index (χ1v) is 7.94. The van der Waals surface area contributed by atoms with Crippen molar-refractivity contribution in [3.05, 3.63) is 28.8 Å². The van der Waals surface area contributed by atoms with Crippen molar-refractivity contribution in [3.8, 4) is 0 Å². The van der Waals surface area contributed by atoms with E-state index in [0.29, 0.717) is 12.1 Å². The summed E-state index contributed by atoms with van der Waals surface area (Å²) >= 11 is 5.38. The van der Waals surface area contributed by atoms with E-state index in [1.54, 1.807) is 0 Å². The molecule has 1 amide bonds. The maximum Gasteiger partial charge on any atom is 0.439 e. The van der Waals surface area contributed by atoms with Gasteiger partial charge in [0.25, 0.3) is 0 Å². The summed E-state index contributed by atoms with van der Waals surface area (Å²) in [6.45, 7) is 2.40. The lowest BCUT2D eigenvalue weighted by Crippen LogP contribution is -2.72. The van der Waals surface area contributed by atoms with E-state index in [4.69, 9.17) is 11.6 Å². The molecule has 0 saturated carbocycles. The zero-order chi connectivity index (χ0) is 22.1. The van der Waals surface area contributed by atoms with Crippen LogP contribution in [0.1, 0.15) is 25.8 Å². The Hall–Kier alpha value is -1.85. The maximum absolute atomic E-state index is 13.5. The van der Waals surface area contributed by atoms with Gasteiger partial charge >= 0.3 is 24.2 Å². The molecule has 1 aromatic rings. The molecule has 0 unspecified atom stereocenters. The van der Waals surface area contributed by atoms with Gasteiger partial charge in [-0.1, -0.05) is 25.4 Å². The predicted molar refractivity (Wildman–Crippen MR) is 82.5 cm³/mol. The van der Waals surface area contributed by atoms with E-state index in [1.165, 1.54) is 6.92 Å². The van der Waals surface area contributed by atoms with Crippen molar-refractivity contribution in [1.82, 2.24) is 5.32 Å². The van der Waals surface area contributed by atoms with Crippen LogP contribution in [0.5, 0.6) is 0 Å². The lowest BCUT2D eigenvalue weighted by Gasteiger charge is -2.40. The molecule has 1 atom stereocenters. The molecule has 160 valence electrons. The van der Waals surface area contributed by atoms with Gasteiger partial charge in [-0.05, 0) is 24.6 Å². The van der Waals surface area contributed by atoms with Crippen molar-refractivity contribution < 1.29 is 44.3 Å². The highest BCUT2D eigenvalue weighted by Crippen LogP contribution is 2.46. The van der Waals surface area contributed by atoms with Gasteiger partial charge in [-0.2, -0.15) is 39.5 Å². The third kappa shape index (κ3) is 4.95. The van der Waals surface area contributed by atoms with E-state index in [1.807, 2.05) is 0 Å². The van der Waals surface area contributed by atoms with Crippen molar-refractivity contribution in [3.63, 3.8) is 0 Å². The first kappa shape index (κ1) is 24.2. The normalized spacial score (nSPS) is 14.6. The summed E-state index contributed by atoms with van der Waals surface area (Å²) in [7, 11) is 0. The van der Waals surface area contributed by atoms with E-state index in [9.17, 15) is 44.3 Å². The highest BCUT2D eigenvalue weighted by molar-refractivity contribution is 6.30.